The molecule has 1 atom stereocenters. The maximum atomic E-state index is 13.4. The predicted molar refractivity (Wildman–Crippen MR) is 143 cm³/mol. The highest BCUT2D eigenvalue weighted by molar-refractivity contribution is 8.00. The van der Waals surface area contributed by atoms with Crippen LogP contribution in [-0.2, 0) is 4.79 Å². The summed E-state index contributed by atoms with van der Waals surface area (Å²) in [5.41, 5.74) is 3.61. The molecule has 0 radical (unpaired) electrons. The number of nitrogens with one attached hydrogen (secondary N) is 2. The van der Waals surface area contributed by atoms with Crippen molar-refractivity contribution in [3.05, 3.63) is 112 Å². The molecule has 0 saturated heterocycles. The molecule has 1 heterocycles. The summed E-state index contributed by atoms with van der Waals surface area (Å²) in [7, 11) is 0. The molecule has 3 aromatic carbocycles. The number of hydrogen-bond acceptors (Lipinski definition) is 4. The van der Waals surface area contributed by atoms with Crippen molar-refractivity contribution in [3.8, 4) is 0 Å². The van der Waals surface area contributed by atoms with Gasteiger partial charge in [0.1, 0.15) is 5.25 Å². The van der Waals surface area contributed by atoms with E-state index in [4.69, 9.17) is 0 Å². The molecule has 6 heteroatoms. The lowest BCUT2D eigenvalue weighted by atomic mass is 10.0. The summed E-state index contributed by atoms with van der Waals surface area (Å²) in [5, 5.41) is 7.43. The number of amides is 2. The van der Waals surface area contributed by atoms with Crippen LogP contribution in [0.4, 0.5) is 11.4 Å². The first kappa shape index (κ1) is 23.8. The average molecular weight is 487 g/mol. The Morgan fingerprint density at radius 3 is 2.21 bits per heavy atom. The topological polar surface area (TPSA) is 58.2 Å². The van der Waals surface area contributed by atoms with E-state index in [1.165, 1.54) is 28.7 Å². The first-order valence-electron chi connectivity index (χ1n) is 11.1. The molecule has 172 valence electrons. The number of rotatable bonds is 8. The maximum Gasteiger partial charge on any atom is 0.265 e. The van der Waals surface area contributed by atoms with Crippen molar-refractivity contribution in [3.63, 3.8) is 0 Å². The molecule has 4 rings (SSSR count). The van der Waals surface area contributed by atoms with Crippen molar-refractivity contribution in [1.29, 1.82) is 0 Å². The Labute approximate surface area is 208 Å². The highest BCUT2D eigenvalue weighted by Gasteiger charge is 2.22. The van der Waals surface area contributed by atoms with Crippen LogP contribution in [0.1, 0.15) is 45.8 Å². The fourth-order valence-corrected chi connectivity index (χ4v) is 5.15. The molecule has 34 heavy (non-hydrogen) atoms. The second kappa shape index (κ2) is 11.2. The molecule has 2 N–H and O–H groups in total. The zero-order chi connectivity index (χ0) is 23.9. The number of anilines is 2. The van der Waals surface area contributed by atoms with Crippen LogP contribution in [0.5, 0.6) is 0 Å². The van der Waals surface area contributed by atoms with Crippen LogP contribution in [-0.4, -0.2) is 11.8 Å². The molecule has 4 aromatic rings. The summed E-state index contributed by atoms with van der Waals surface area (Å²) in [5.74, 6) is 0.200. The summed E-state index contributed by atoms with van der Waals surface area (Å²) in [6.45, 7) is 4.29. The van der Waals surface area contributed by atoms with Gasteiger partial charge in [0.05, 0.1) is 4.88 Å². The van der Waals surface area contributed by atoms with Gasteiger partial charge in [-0.3, -0.25) is 9.59 Å². The molecular weight excluding hydrogens is 460 g/mol. The lowest BCUT2D eigenvalue weighted by Gasteiger charge is -2.18. The SMILES string of the molecule is CC(C)c1ccc(NC(=O)C(Sc2cccc(NC(=O)c3cccs3)c2)c2ccccc2)cc1. The zero-order valence-corrected chi connectivity index (χ0v) is 20.7. The van der Waals surface area contributed by atoms with Crippen molar-refractivity contribution in [2.45, 2.75) is 29.9 Å². The Morgan fingerprint density at radius 2 is 1.53 bits per heavy atom. The summed E-state index contributed by atoms with van der Waals surface area (Å²) < 4.78 is 0. The number of benzene rings is 3. The number of thiophene rings is 1. The molecule has 4 nitrogen and oxygen atoms in total. The van der Waals surface area contributed by atoms with Gasteiger partial charge in [-0.1, -0.05) is 68.4 Å². The van der Waals surface area contributed by atoms with Crippen molar-refractivity contribution >= 4 is 46.3 Å². The Hall–Kier alpha value is -3.35. The Kier molecular flexibility index (Phi) is 7.83. The first-order valence-corrected chi connectivity index (χ1v) is 12.8. The zero-order valence-electron chi connectivity index (χ0n) is 19.0. The minimum atomic E-state index is -0.450. The minimum absolute atomic E-state index is 0.0958. The number of thioether (sulfide) groups is 1. The first-order chi connectivity index (χ1) is 16.5. The second-order valence-electron chi connectivity index (χ2n) is 8.13. The highest BCUT2D eigenvalue weighted by atomic mass is 32.2. The third-order valence-corrected chi connectivity index (χ3v) is 7.39. The maximum absolute atomic E-state index is 13.4. The van der Waals surface area contributed by atoms with E-state index in [-0.39, 0.29) is 11.8 Å². The van der Waals surface area contributed by atoms with Crippen LogP contribution >= 0.6 is 23.1 Å². The van der Waals surface area contributed by atoms with Crippen molar-refractivity contribution < 1.29 is 9.59 Å². The van der Waals surface area contributed by atoms with Gasteiger partial charge in [-0.25, -0.2) is 0 Å². The van der Waals surface area contributed by atoms with Gasteiger partial charge in [0.2, 0.25) is 5.91 Å². The molecule has 0 aliphatic carbocycles. The third-order valence-electron chi connectivity index (χ3n) is 5.28. The van der Waals surface area contributed by atoms with E-state index < -0.39 is 5.25 Å². The van der Waals surface area contributed by atoms with E-state index in [0.717, 1.165) is 16.1 Å². The quantitative estimate of drug-likeness (QED) is 0.252. The number of carbonyl (C=O) groups is 2. The largest absolute Gasteiger partial charge is 0.325 e. The van der Waals surface area contributed by atoms with Crippen molar-refractivity contribution in [1.82, 2.24) is 0 Å². The van der Waals surface area contributed by atoms with Gasteiger partial charge in [0.25, 0.3) is 5.91 Å². The highest BCUT2D eigenvalue weighted by Crippen LogP contribution is 2.37. The van der Waals surface area contributed by atoms with Gasteiger partial charge >= 0.3 is 0 Å². The van der Waals surface area contributed by atoms with E-state index in [2.05, 4.69) is 24.5 Å². The van der Waals surface area contributed by atoms with Crippen molar-refractivity contribution in [2.75, 3.05) is 10.6 Å². The lowest BCUT2D eigenvalue weighted by Crippen LogP contribution is -2.19. The molecule has 0 aliphatic rings. The Balaban J connectivity index is 1.52. The fraction of sp³-hybridized carbons (Fsp3) is 0.143. The van der Waals surface area contributed by atoms with Crippen LogP contribution in [0, 0.1) is 0 Å². The Bertz CT molecular complexity index is 1240. The van der Waals surface area contributed by atoms with Gasteiger partial charge in [0, 0.05) is 16.3 Å². The summed E-state index contributed by atoms with van der Waals surface area (Å²) in [4.78, 5) is 27.3. The summed E-state index contributed by atoms with van der Waals surface area (Å²) in [6.07, 6.45) is 0. The van der Waals surface area contributed by atoms with Gasteiger partial charge in [-0.15, -0.1) is 23.1 Å². The third kappa shape index (κ3) is 6.16. The summed E-state index contributed by atoms with van der Waals surface area (Å²) in [6, 6.07) is 28.9. The lowest BCUT2D eigenvalue weighted by molar-refractivity contribution is -0.115. The van der Waals surface area contributed by atoms with Gasteiger partial charge in [-0.2, -0.15) is 0 Å². The Morgan fingerprint density at radius 1 is 0.765 bits per heavy atom. The van der Waals surface area contributed by atoms with Crippen LogP contribution < -0.4 is 10.6 Å². The number of hydrogen-bond donors (Lipinski definition) is 2. The normalized spacial score (nSPS) is 11.7. The van der Waals surface area contributed by atoms with Gasteiger partial charge < -0.3 is 10.6 Å². The molecule has 0 aliphatic heterocycles. The molecule has 1 unspecified atom stereocenters. The molecule has 0 spiro atoms. The summed E-state index contributed by atoms with van der Waals surface area (Å²) >= 11 is 2.85. The molecule has 0 bridgehead atoms. The minimum Gasteiger partial charge on any atom is -0.325 e. The van der Waals surface area contributed by atoms with Crippen molar-refractivity contribution in [2.24, 2.45) is 0 Å². The van der Waals surface area contributed by atoms with E-state index in [9.17, 15) is 9.59 Å². The second-order valence-corrected chi connectivity index (χ2v) is 10.3. The number of carbonyl (C=O) groups excluding carboxylic acids is 2. The van der Waals surface area contributed by atoms with Crippen LogP contribution in [0.25, 0.3) is 0 Å². The van der Waals surface area contributed by atoms with Gasteiger partial charge in [-0.05, 0) is 58.8 Å². The molecule has 2 amide bonds. The molecular formula is C28H26N2O2S2. The van der Waals surface area contributed by atoms with Crippen LogP contribution in [0.2, 0.25) is 0 Å². The monoisotopic (exact) mass is 486 g/mol. The fourth-order valence-electron chi connectivity index (χ4n) is 3.44. The van der Waals surface area contributed by atoms with Crippen LogP contribution in [0.15, 0.2) is 101 Å². The van der Waals surface area contributed by atoms with Gasteiger partial charge in [0.15, 0.2) is 0 Å². The van der Waals surface area contributed by atoms with E-state index in [0.29, 0.717) is 16.5 Å². The average Bonchev–Trinajstić information content (AvgIpc) is 3.39. The molecule has 0 saturated carbocycles. The van der Waals surface area contributed by atoms with Crippen LogP contribution in [0.3, 0.4) is 0 Å². The molecule has 0 fully saturated rings. The standard InChI is InChI=1S/C28H26N2O2S2/c1-19(2)20-13-15-22(16-14-20)29-28(32)26(21-8-4-3-5-9-21)34-24-11-6-10-23(18-24)30-27(31)25-12-7-17-33-25/h3-19,26H,1-2H3,(H,29,32)(H,30,31). The predicted octanol–water partition coefficient (Wildman–Crippen LogP) is 7.60. The van der Waals surface area contributed by atoms with E-state index >= 15 is 0 Å². The van der Waals surface area contributed by atoms with E-state index in [1.54, 1.807) is 6.07 Å². The molecule has 1 aromatic heterocycles. The van der Waals surface area contributed by atoms with E-state index in [1.807, 2.05) is 90.3 Å². The smallest absolute Gasteiger partial charge is 0.265 e.